The van der Waals surface area contributed by atoms with Crippen molar-refractivity contribution in [2.45, 2.75) is 49.8 Å². The minimum Gasteiger partial charge on any atom is -0.350 e. The monoisotopic (exact) mass is 285 g/mol. The van der Waals surface area contributed by atoms with Crippen molar-refractivity contribution < 1.29 is 13.4 Å². The molecule has 0 bridgehead atoms. The van der Waals surface area contributed by atoms with Gasteiger partial charge in [0.2, 0.25) is 5.91 Å². The van der Waals surface area contributed by atoms with Crippen molar-refractivity contribution in [3.63, 3.8) is 0 Å². The summed E-state index contributed by atoms with van der Waals surface area (Å²) < 4.78 is 25.3. The van der Waals surface area contributed by atoms with Crippen LogP contribution >= 0.6 is 0 Å². The van der Waals surface area contributed by atoms with E-state index in [2.05, 4.69) is 5.32 Å². The molecule has 1 amide bonds. The van der Waals surface area contributed by atoms with Gasteiger partial charge in [-0.05, 0) is 45.4 Å². The van der Waals surface area contributed by atoms with E-state index in [1.54, 1.807) is 13.0 Å². The molecule has 0 fully saturated rings. The molecule has 0 aliphatic rings. The molecule has 1 N–H and O–H groups in total. The quantitative estimate of drug-likeness (QED) is 0.904. The van der Waals surface area contributed by atoms with E-state index in [9.17, 15) is 13.4 Å². The van der Waals surface area contributed by atoms with Gasteiger partial charge in [0, 0.05) is 10.4 Å². The lowest BCUT2D eigenvalue weighted by molar-refractivity contribution is -0.121. The van der Waals surface area contributed by atoms with E-state index >= 15 is 0 Å². The number of halogens is 1. The molecule has 5 heteroatoms. The predicted molar refractivity (Wildman–Crippen MR) is 74.8 cm³/mol. The summed E-state index contributed by atoms with van der Waals surface area (Å²) in [5.74, 6) is -0.734. The van der Waals surface area contributed by atoms with Crippen LogP contribution < -0.4 is 5.32 Å². The predicted octanol–water partition coefficient (Wildman–Crippen LogP) is 2.63. The van der Waals surface area contributed by atoms with Gasteiger partial charge >= 0.3 is 0 Å². The van der Waals surface area contributed by atoms with Crippen LogP contribution in [0.2, 0.25) is 0 Å². The molecule has 2 unspecified atom stereocenters. The largest absolute Gasteiger partial charge is 0.350 e. The van der Waals surface area contributed by atoms with E-state index in [0.717, 1.165) is 6.42 Å². The molecular formula is C14H20FNO2S. The Morgan fingerprint density at radius 2 is 2.11 bits per heavy atom. The Morgan fingerprint density at radius 1 is 1.47 bits per heavy atom. The molecule has 0 aliphatic heterocycles. The van der Waals surface area contributed by atoms with E-state index in [4.69, 9.17) is 0 Å². The summed E-state index contributed by atoms with van der Waals surface area (Å²) >= 11 is 0. The number of carbonyl (C=O) groups is 1. The van der Waals surface area contributed by atoms with Gasteiger partial charge in [-0.3, -0.25) is 9.00 Å². The minimum atomic E-state index is -1.56. The van der Waals surface area contributed by atoms with Gasteiger partial charge in [0.15, 0.2) is 0 Å². The molecule has 2 atom stereocenters. The van der Waals surface area contributed by atoms with Crippen LogP contribution in [0.4, 0.5) is 4.39 Å². The highest BCUT2D eigenvalue weighted by Crippen LogP contribution is 2.14. The van der Waals surface area contributed by atoms with E-state index < -0.39 is 21.9 Å². The summed E-state index contributed by atoms with van der Waals surface area (Å²) in [4.78, 5) is 12.3. The first-order valence-corrected chi connectivity index (χ1v) is 7.46. The van der Waals surface area contributed by atoms with Crippen LogP contribution in [0, 0.1) is 5.82 Å². The second-order valence-corrected chi connectivity index (χ2v) is 6.90. The lowest BCUT2D eigenvalue weighted by Crippen LogP contribution is -2.47. The molecule has 106 valence electrons. The molecule has 1 aromatic carbocycles. The van der Waals surface area contributed by atoms with Crippen LogP contribution in [0.15, 0.2) is 29.2 Å². The number of amides is 1. The zero-order valence-corrected chi connectivity index (χ0v) is 12.5. The van der Waals surface area contributed by atoms with Crippen LogP contribution in [0.3, 0.4) is 0 Å². The average Bonchev–Trinajstić information content (AvgIpc) is 2.36. The average molecular weight is 285 g/mol. The molecule has 19 heavy (non-hydrogen) atoms. The second kappa shape index (κ2) is 6.28. The Hall–Kier alpha value is -1.23. The van der Waals surface area contributed by atoms with Gasteiger partial charge in [-0.25, -0.2) is 4.39 Å². The maximum Gasteiger partial charge on any atom is 0.236 e. The maximum absolute atomic E-state index is 13.1. The fourth-order valence-corrected chi connectivity index (χ4v) is 2.52. The molecule has 1 rings (SSSR count). The topological polar surface area (TPSA) is 46.2 Å². The number of hydrogen-bond donors (Lipinski definition) is 1. The summed E-state index contributed by atoms with van der Waals surface area (Å²) in [7, 11) is -1.56. The Labute approximate surface area is 116 Å². The van der Waals surface area contributed by atoms with Gasteiger partial charge in [-0.1, -0.05) is 13.0 Å². The van der Waals surface area contributed by atoms with Crippen molar-refractivity contribution in [2.75, 3.05) is 0 Å². The summed E-state index contributed by atoms with van der Waals surface area (Å²) in [6.07, 6.45) is 0.776. The van der Waals surface area contributed by atoms with E-state index in [-0.39, 0.29) is 11.4 Å². The van der Waals surface area contributed by atoms with Crippen LogP contribution in [0.25, 0.3) is 0 Å². The van der Waals surface area contributed by atoms with E-state index in [1.165, 1.54) is 18.2 Å². The molecule has 0 aliphatic carbocycles. The Morgan fingerprint density at radius 3 is 2.63 bits per heavy atom. The first-order valence-electron chi connectivity index (χ1n) is 6.25. The SMILES string of the molecule is CCC(C)(C)NC(=O)C(C)S(=O)c1cccc(F)c1. The minimum absolute atomic E-state index is 0.283. The van der Waals surface area contributed by atoms with Crippen LogP contribution in [0.1, 0.15) is 34.1 Å². The zero-order valence-electron chi connectivity index (χ0n) is 11.7. The molecule has 0 aromatic heterocycles. The van der Waals surface area contributed by atoms with Gasteiger partial charge in [-0.2, -0.15) is 0 Å². The van der Waals surface area contributed by atoms with Crippen molar-refractivity contribution in [1.82, 2.24) is 5.32 Å². The van der Waals surface area contributed by atoms with Crippen LogP contribution in [-0.4, -0.2) is 20.9 Å². The van der Waals surface area contributed by atoms with Crippen LogP contribution in [0.5, 0.6) is 0 Å². The third kappa shape index (κ3) is 4.42. The second-order valence-electron chi connectivity index (χ2n) is 5.12. The zero-order chi connectivity index (χ0) is 14.6. The van der Waals surface area contributed by atoms with Gasteiger partial charge in [-0.15, -0.1) is 0 Å². The number of rotatable bonds is 5. The standard InChI is InChI=1S/C14H20FNO2S/c1-5-14(3,4)16-13(17)10(2)19(18)12-8-6-7-11(15)9-12/h6-10H,5H2,1-4H3,(H,16,17). The molecule has 3 nitrogen and oxygen atoms in total. The fraction of sp³-hybridized carbons (Fsp3) is 0.500. The van der Waals surface area contributed by atoms with Gasteiger partial charge in [0.05, 0.1) is 10.8 Å². The van der Waals surface area contributed by atoms with E-state index in [1.807, 2.05) is 20.8 Å². The van der Waals surface area contributed by atoms with Crippen LogP contribution in [-0.2, 0) is 15.6 Å². The summed E-state index contributed by atoms with van der Waals surface area (Å²) in [5.41, 5.74) is -0.336. The summed E-state index contributed by atoms with van der Waals surface area (Å²) in [6, 6.07) is 5.54. The first-order chi connectivity index (χ1) is 8.76. The normalized spacial score (nSPS) is 14.8. The lowest BCUT2D eigenvalue weighted by atomic mass is 10.0. The van der Waals surface area contributed by atoms with Gasteiger partial charge in [0.1, 0.15) is 11.1 Å². The lowest BCUT2D eigenvalue weighted by Gasteiger charge is -2.26. The number of hydrogen-bond acceptors (Lipinski definition) is 2. The van der Waals surface area contributed by atoms with Crippen molar-refractivity contribution in [1.29, 1.82) is 0 Å². The van der Waals surface area contributed by atoms with E-state index in [0.29, 0.717) is 4.90 Å². The summed E-state index contributed by atoms with van der Waals surface area (Å²) in [5, 5.41) is 2.13. The van der Waals surface area contributed by atoms with Crippen molar-refractivity contribution in [3.05, 3.63) is 30.1 Å². The Bertz CT molecular complexity index is 488. The molecule has 0 saturated carbocycles. The maximum atomic E-state index is 13.1. The molecule has 0 spiro atoms. The highest BCUT2D eigenvalue weighted by Gasteiger charge is 2.26. The smallest absolute Gasteiger partial charge is 0.236 e. The number of carbonyl (C=O) groups excluding carboxylic acids is 1. The Kier molecular flexibility index (Phi) is 5.23. The molecule has 0 radical (unpaired) electrons. The van der Waals surface area contributed by atoms with Crippen molar-refractivity contribution >= 4 is 16.7 Å². The first kappa shape index (κ1) is 15.8. The molecular weight excluding hydrogens is 265 g/mol. The summed E-state index contributed by atoms with van der Waals surface area (Å²) in [6.45, 7) is 7.36. The molecule has 1 aromatic rings. The van der Waals surface area contributed by atoms with Gasteiger partial charge < -0.3 is 5.32 Å². The third-order valence-electron chi connectivity index (χ3n) is 3.06. The number of benzene rings is 1. The van der Waals surface area contributed by atoms with Gasteiger partial charge in [0.25, 0.3) is 0 Å². The highest BCUT2D eigenvalue weighted by molar-refractivity contribution is 7.86. The molecule has 0 saturated heterocycles. The van der Waals surface area contributed by atoms with Crippen molar-refractivity contribution in [2.24, 2.45) is 0 Å². The highest BCUT2D eigenvalue weighted by atomic mass is 32.2. The fourth-order valence-electron chi connectivity index (χ4n) is 1.42. The number of nitrogens with one attached hydrogen (secondary N) is 1. The molecule has 0 heterocycles. The van der Waals surface area contributed by atoms with Crippen molar-refractivity contribution in [3.8, 4) is 0 Å². The third-order valence-corrected chi connectivity index (χ3v) is 4.64. The Balaban J connectivity index is 2.80.